The first kappa shape index (κ1) is 22.9. The number of anilines is 1. The summed E-state index contributed by atoms with van der Waals surface area (Å²) in [7, 11) is -2.29. The van der Waals surface area contributed by atoms with E-state index in [2.05, 4.69) is 6.58 Å². The van der Waals surface area contributed by atoms with Crippen molar-refractivity contribution in [3.05, 3.63) is 65.7 Å². The summed E-state index contributed by atoms with van der Waals surface area (Å²) in [6.45, 7) is 9.05. The Labute approximate surface area is 185 Å². The van der Waals surface area contributed by atoms with Crippen LogP contribution in [-0.2, 0) is 14.8 Å². The van der Waals surface area contributed by atoms with Gasteiger partial charge in [0.05, 0.1) is 17.7 Å². The number of hydrogen-bond donors (Lipinski definition) is 0. The lowest BCUT2D eigenvalue weighted by Gasteiger charge is -2.30. The molecule has 3 rings (SSSR count). The molecule has 166 valence electrons. The topological polar surface area (TPSA) is 66.9 Å². The largest absolute Gasteiger partial charge is 0.497 e. The number of amides is 1. The molecule has 1 aliphatic rings. The van der Waals surface area contributed by atoms with Crippen LogP contribution >= 0.6 is 0 Å². The lowest BCUT2D eigenvalue weighted by Crippen LogP contribution is -2.39. The maximum Gasteiger partial charge on any atom is 0.264 e. The fraction of sp³-hybridized carbons (Fsp3) is 0.375. The van der Waals surface area contributed by atoms with Crippen LogP contribution in [-0.4, -0.2) is 46.0 Å². The molecule has 1 fully saturated rings. The van der Waals surface area contributed by atoms with Crippen LogP contribution in [0.3, 0.4) is 0 Å². The van der Waals surface area contributed by atoms with E-state index in [-0.39, 0.29) is 23.8 Å². The van der Waals surface area contributed by atoms with E-state index >= 15 is 0 Å². The van der Waals surface area contributed by atoms with E-state index in [4.69, 9.17) is 4.74 Å². The number of hydrogen-bond acceptors (Lipinski definition) is 4. The van der Waals surface area contributed by atoms with Gasteiger partial charge < -0.3 is 9.64 Å². The van der Waals surface area contributed by atoms with Crippen LogP contribution in [0, 0.1) is 13.8 Å². The molecule has 0 aromatic heterocycles. The van der Waals surface area contributed by atoms with Gasteiger partial charge in [-0.05, 0) is 62.6 Å². The van der Waals surface area contributed by atoms with E-state index < -0.39 is 10.0 Å². The average Bonchev–Trinajstić information content (AvgIpc) is 2.74. The quantitative estimate of drug-likeness (QED) is 0.606. The SMILES string of the molecule is C=C1CCN(C(=O)CCN(c2ccc(OC)cc2)S(=O)(=O)c2ccc(C)cc2C)CC1. The van der Waals surface area contributed by atoms with Gasteiger partial charge in [0.1, 0.15) is 5.75 Å². The third-order valence-corrected chi connectivity index (χ3v) is 7.60. The lowest BCUT2D eigenvalue weighted by atomic mass is 10.1. The highest BCUT2D eigenvalue weighted by atomic mass is 32.2. The minimum atomic E-state index is -3.85. The van der Waals surface area contributed by atoms with Gasteiger partial charge in [0.25, 0.3) is 10.0 Å². The molecule has 2 aromatic carbocycles. The molecule has 0 radical (unpaired) electrons. The van der Waals surface area contributed by atoms with Gasteiger partial charge in [0, 0.05) is 26.1 Å². The summed E-state index contributed by atoms with van der Waals surface area (Å²) < 4.78 is 33.7. The van der Waals surface area contributed by atoms with Gasteiger partial charge in [-0.15, -0.1) is 0 Å². The first-order valence-corrected chi connectivity index (χ1v) is 11.8. The van der Waals surface area contributed by atoms with Crippen molar-refractivity contribution in [1.29, 1.82) is 0 Å². The van der Waals surface area contributed by atoms with Crippen LogP contribution in [0.15, 0.2) is 59.5 Å². The van der Waals surface area contributed by atoms with Crippen molar-refractivity contribution in [3.8, 4) is 5.75 Å². The Bertz CT molecular complexity index is 1050. The number of aryl methyl sites for hydroxylation is 2. The smallest absolute Gasteiger partial charge is 0.264 e. The molecule has 2 aromatic rings. The summed E-state index contributed by atoms with van der Waals surface area (Å²) in [6.07, 6.45) is 1.71. The van der Waals surface area contributed by atoms with Crippen molar-refractivity contribution in [1.82, 2.24) is 4.90 Å². The second kappa shape index (κ2) is 9.56. The van der Waals surface area contributed by atoms with Crippen LogP contribution in [0.2, 0.25) is 0 Å². The van der Waals surface area contributed by atoms with E-state index in [9.17, 15) is 13.2 Å². The Hall–Kier alpha value is -2.80. The van der Waals surface area contributed by atoms with Gasteiger partial charge >= 0.3 is 0 Å². The number of nitrogens with zero attached hydrogens (tertiary/aromatic N) is 2. The first-order chi connectivity index (χ1) is 14.7. The number of carbonyl (C=O) groups is 1. The Morgan fingerprint density at radius 1 is 1.10 bits per heavy atom. The van der Waals surface area contributed by atoms with E-state index in [1.807, 2.05) is 13.0 Å². The minimum absolute atomic E-state index is 0.0400. The maximum absolute atomic E-state index is 13.6. The summed E-state index contributed by atoms with van der Waals surface area (Å²) in [6, 6.07) is 12.1. The number of benzene rings is 2. The molecule has 0 atom stereocenters. The molecule has 7 heteroatoms. The molecule has 1 heterocycles. The Kier molecular flexibility index (Phi) is 7.05. The normalized spacial score (nSPS) is 14.4. The van der Waals surface area contributed by atoms with E-state index in [0.29, 0.717) is 30.1 Å². The van der Waals surface area contributed by atoms with Crippen molar-refractivity contribution in [2.45, 2.75) is 38.0 Å². The van der Waals surface area contributed by atoms with Crippen LogP contribution in [0.25, 0.3) is 0 Å². The summed E-state index contributed by atoms with van der Waals surface area (Å²) in [4.78, 5) is 14.8. The predicted molar refractivity (Wildman–Crippen MR) is 123 cm³/mol. The average molecular weight is 443 g/mol. The number of sulfonamides is 1. The van der Waals surface area contributed by atoms with Gasteiger partial charge in [0.15, 0.2) is 0 Å². The zero-order chi connectivity index (χ0) is 22.6. The van der Waals surface area contributed by atoms with E-state index in [1.54, 1.807) is 55.3 Å². The minimum Gasteiger partial charge on any atom is -0.497 e. The highest BCUT2D eigenvalue weighted by Crippen LogP contribution is 2.28. The Balaban J connectivity index is 1.89. The molecule has 1 saturated heterocycles. The number of methoxy groups -OCH3 is 1. The fourth-order valence-corrected chi connectivity index (χ4v) is 5.45. The molecule has 0 unspecified atom stereocenters. The predicted octanol–water partition coefficient (Wildman–Crippen LogP) is 4.08. The van der Waals surface area contributed by atoms with Crippen molar-refractivity contribution in [2.24, 2.45) is 0 Å². The molecule has 0 N–H and O–H groups in total. The van der Waals surface area contributed by atoms with Gasteiger partial charge in [0.2, 0.25) is 5.91 Å². The molecular formula is C24H30N2O4S. The zero-order valence-corrected chi connectivity index (χ0v) is 19.2. The molecule has 1 amide bonds. The number of piperidine rings is 1. The molecule has 1 aliphatic heterocycles. The molecule has 0 spiro atoms. The third-order valence-electron chi connectivity index (χ3n) is 5.61. The van der Waals surface area contributed by atoms with Gasteiger partial charge in [-0.3, -0.25) is 9.10 Å². The Morgan fingerprint density at radius 2 is 1.74 bits per heavy atom. The van der Waals surface area contributed by atoms with Crippen molar-refractivity contribution >= 4 is 21.6 Å². The molecule has 6 nitrogen and oxygen atoms in total. The summed E-state index contributed by atoms with van der Waals surface area (Å²) >= 11 is 0. The second-order valence-electron chi connectivity index (χ2n) is 7.92. The molecule has 0 bridgehead atoms. The van der Waals surface area contributed by atoms with Crippen molar-refractivity contribution < 1.29 is 17.9 Å². The van der Waals surface area contributed by atoms with Crippen LogP contribution in [0.1, 0.15) is 30.4 Å². The van der Waals surface area contributed by atoms with Crippen molar-refractivity contribution in [2.75, 3.05) is 31.0 Å². The molecule has 0 saturated carbocycles. The number of carbonyl (C=O) groups excluding carboxylic acids is 1. The number of rotatable bonds is 7. The van der Waals surface area contributed by atoms with Gasteiger partial charge in [-0.2, -0.15) is 0 Å². The second-order valence-corrected chi connectivity index (χ2v) is 9.76. The number of likely N-dealkylation sites (tertiary alicyclic amines) is 1. The molecular weight excluding hydrogens is 412 g/mol. The summed E-state index contributed by atoms with van der Waals surface area (Å²) in [5.41, 5.74) is 3.33. The highest BCUT2D eigenvalue weighted by Gasteiger charge is 2.28. The van der Waals surface area contributed by atoms with E-state index in [1.165, 1.54) is 4.31 Å². The van der Waals surface area contributed by atoms with Crippen LogP contribution in [0.5, 0.6) is 5.75 Å². The summed E-state index contributed by atoms with van der Waals surface area (Å²) in [5, 5.41) is 0. The highest BCUT2D eigenvalue weighted by molar-refractivity contribution is 7.92. The maximum atomic E-state index is 13.6. The first-order valence-electron chi connectivity index (χ1n) is 10.4. The van der Waals surface area contributed by atoms with Crippen molar-refractivity contribution in [3.63, 3.8) is 0 Å². The van der Waals surface area contributed by atoms with Gasteiger partial charge in [-0.25, -0.2) is 8.42 Å². The van der Waals surface area contributed by atoms with Crippen LogP contribution in [0.4, 0.5) is 5.69 Å². The monoisotopic (exact) mass is 442 g/mol. The van der Waals surface area contributed by atoms with Gasteiger partial charge in [-0.1, -0.05) is 29.8 Å². The summed E-state index contributed by atoms with van der Waals surface area (Å²) in [5.74, 6) is 0.596. The zero-order valence-electron chi connectivity index (χ0n) is 18.4. The Morgan fingerprint density at radius 3 is 2.32 bits per heavy atom. The lowest BCUT2D eigenvalue weighted by molar-refractivity contribution is -0.131. The third kappa shape index (κ3) is 5.28. The number of ether oxygens (including phenoxy) is 1. The fourth-order valence-electron chi connectivity index (χ4n) is 3.77. The molecule has 31 heavy (non-hydrogen) atoms. The van der Waals surface area contributed by atoms with E-state index in [0.717, 1.165) is 24.0 Å². The molecule has 0 aliphatic carbocycles. The van der Waals surface area contributed by atoms with Crippen LogP contribution < -0.4 is 9.04 Å². The standard InChI is InChI=1S/C24H30N2O4S/c1-18-11-14-25(15-12-18)24(27)13-16-26(21-6-8-22(30-4)9-7-21)31(28,29)23-10-5-19(2)17-20(23)3/h5-10,17H,1,11-16H2,2-4H3.